The predicted molar refractivity (Wildman–Crippen MR) is 105 cm³/mol. The van der Waals surface area contributed by atoms with Crippen molar-refractivity contribution in [2.45, 2.75) is 19.4 Å². The fourth-order valence-electron chi connectivity index (χ4n) is 4.18. The van der Waals surface area contributed by atoms with Crippen LogP contribution in [0.5, 0.6) is 0 Å². The van der Waals surface area contributed by atoms with E-state index in [2.05, 4.69) is 97.9 Å². The molecule has 0 aliphatic carbocycles. The van der Waals surface area contributed by atoms with Crippen LogP contribution in [0.1, 0.15) is 13.3 Å². The van der Waals surface area contributed by atoms with E-state index in [1.165, 1.54) is 15.9 Å². The van der Waals surface area contributed by atoms with Crippen molar-refractivity contribution in [3.05, 3.63) is 91.0 Å². The van der Waals surface area contributed by atoms with E-state index < -0.39 is 6.83 Å². The molecule has 1 fully saturated rings. The van der Waals surface area contributed by atoms with Crippen molar-refractivity contribution in [3.8, 4) is 0 Å². The van der Waals surface area contributed by atoms with Gasteiger partial charge in [-0.3, -0.25) is 0 Å². The molecule has 1 atom stereocenters. The Bertz CT molecular complexity index is 715. The van der Waals surface area contributed by atoms with Crippen LogP contribution in [0.3, 0.4) is 0 Å². The Morgan fingerprint density at radius 3 is 1.33 bits per heavy atom. The predicted octanol–water partition coefficient (Wildman–Crippen LogP) is 4.24. The average molecular weight is 334 g/mol. The Morgan fingerprint density at radius 2 is 1.04 bits per heavy atom. The van der Waals surface area contributed by atoms with Gasteiger partial charge in [0.2, 0.25) is 0 Å². The van der Waals surface area contributed by atoms with Gasteiger partial charge in [-0.15, -0.1) is 0 Å². The first-order chi connectivity index (χ1) is 11.8. The quantitative estimate of drug-likeness (QED) is 0.651. The number of hydrogen-bond donors (Lipinski definition) is 0. The van der Waals surface area contributed by atoms with Crippen molar-refractivity contribution >= 4 is 22.7 Å². The molecule has 0 radical (unpaired) electrons. The van der Waals surface area contributed by atoms with E-state index in [4.69, 9.17) is 4.52 Å². The van der Waals surface area contributed by atoms with Gasteiger partial charge in [-0.05, 0) is 0 Å². The molecule has 122 valence electrons. The zero-order chi connectivity index (χ0) is 16.5. The monoisotopic (exact) mass is 334 g/mol. The van der Waals surface area contributed by atoms with Gasteiger partial charge in [-0.2, -0.15) is 0 Å². The zero-order valence-corrected chi connectivity index (χ0v) is 14.9. The molecule has 1 saturated heterocycles. The van der Waals surface area contributed by atoms with Crippen LogP contribution in [0.15, 0.2) is 91.0 Å². The normalized spacial score (nSPS) is 23.2. The number of benzene rings is 3. The third-order valence-electron chi connectivity index (χ3n) is 5.28. The Labute approximate surface area is 144 Å². The summed E-state index contributed by atoms with van der Waals surface area (Å²) in [5.41, 5.74) is 0. The van der Waals surface area contributed by atoms with Crippen LogP contribution in [0.2, 0.25) is 0 Å². The molecule has 1 heterocycles. The summed E-state index contributed by atoms with van der Waals surface area (Å²) in [5.74, 6) is 0. The van der Waals surface area contributed by atoms with Crippen molar-refractivity contribution < 1.29 is 4.52 Å². The van der Waals surface area contributed by atoms with E-state index in [1.54, 1.807) is 0 Å². The molecule has 1 aliphatic rings. The summed E-state index contributed by atoms with van der Waals surface area (Å²) in [5, 5.41) is 4.01. The van der Waals surface area contributed by atoms with Crippen LogP contribution in [-0.2, 0) is 4.52 Å². The second kappa shape index (κ2) is 5.84. The first-order valence-corrected chi connectivity index (χ1v) is 11.0. The van der Waals surface area contributed by atoms with E-state index >= 15 is 0 Å². The molecule has 0 unspecified atom stereocenters. The van der Waals surface area contributed by atoms with E-state index in [1.807, 2.05) is 0 Å². The van der Waals surface area contributed by atoms with Gasteiger partial charge in [0, 0.05) is 0 Å². The molecule has 0 N–H and O–H groups in total. The fourth-order valence-corrected chi connectivity index (χ4v) is 10.5. The molecule has 1 aliphatic heterocycles. The summed E-state index contributed by atoms with van der Waals surface area (Å²) in [7, 11) is 0. The average Bonchev–Trinajstić information content (AvgIpc) is 3.04. The van der Waals surface area contributed by atoms with E-state index in [9.17, 15) is 0 Å². The second-order valence-corrected chi connectivity index (χ2v) is 11.3. The molecule has 0 saturated carbocycles. The fraction of sp³-hybridized carbons (Fsp3) is 0.182. The molecule has 4 rings (SSSR count). The van der Waals surface area contributed by atoms with E-state index in [-0.39, 0.29) is 6.10 Å². The van der Waals surface area contributed by atoms with Crippen LogP contribution in [0.4, 0.5) is 0 Å². The Morgan fingerprint density at radius 1 is 0.667 bits per heavy atom. The van der Waals surface area contributed by atoms with Crippen molar-refractivity contribution in [3.63, 3.8) is 0 Å². The summed E-state index contributed by atoms with van der Waals surface area (Å²) in [6, 6.07) is 32.7. The molecule has 0 amide bonds. The summed E-state index contributed by atoms with van der Waals surface area (Å²) in [4.78, 5) is 0. The van der Waals surface area contributed by atoms with Crippen molar-refractivity contribution in [2.75, 3.05) is 6.16 Å². The minimum absolute atomic E-state index is 0.267. The number of rotatable bonds is 3. The summed E-state index contributed by atoms with van der Waals surface area (Å²) < 4.78 is 7.03. The first-order valence-electron chi connectivity index (χ1n) is 8.62. The third-order valence-corrected chi connectivity index (χ3v) is 11.4. The number of hydrogen-bond acceptors (Lipinski definition) is 1. The molecular weight excluding hydrogens is 311 g/mol. The second-order valence-electron chi connectivity index (χ2n) is 6.65. The molecular formula is C22H23OP. The van der Waals surface area contributed by atoms with Crippen LogP contribution >= 0.6 is 6.83 Å². The molecule has 2 heteroatoms. The molecule has 3 aromatic carbocycles. The van der Waals surface area contributed by atoms with Gasteiger partial charge in [-0.1, -0.05) is 0 Å². The zero-order valence-electron chi connectivity index (χ0n) is 14.0. The molecule has 0 aromatic heterocycles. The maximum atomic E-state index is 7.03. The summed E-state index contributed by atoms with van der Waals surface area (Å²) >= 11 is 0. The Balaban J connectivity index is 2.13. The van der Waals surface area contributed by atoms with Gasteiger partial charge in [0.25, 0.3) is 0 Å². The van der Waals surface area contributed by atoms with Crippen LogP contribution < -0.4 is 15.9 Å². The molecule has 3 aromatic rings. The van der Waals surface area contributed by atoms with Gasteiger partial charge in [0.05, 0.1) is 0 Å². The minimum atomic E-state index is -2.88. The van der Waals surface area contributed by atoms with E-state index in [0.29, 0.717) is 0 Å². The van der Waals surface area contributed by atoms with Crippen molar-refractivity contribution in [1.82, 2.24) is 0 Å². The van der Waals surface area contributed by atoms with Gasteiger partial charge in [0.1, 0.15) is 0 Å². The first kappa shape index (κ1) is 15.6. The topological polar surface area (TPSA) is 9.23 Å². The molecule has 0 bridgehead atoms. The SMILES string of the molecule is C[C@H]1CCP(c2ccccc2)(c2ccccc2)(c2ccccc2)O1. The summed E-state index contributed by atoms with van der Waals surface area (Å²) in [6.45, 7) is -0.670. The molecule has 1 nitrogen and oxygen atoms in total. The van der Waals surface area contributed by atoms with Crippen molar-refractivity contribution in [2.24, 2.45) is 0 Å². The van der Waals surface area contributed by atoms with Crippen LogP contribution in [0, 0.1) is 0 Å². The third kappa shape index (κ3) is 2.09. The van der Waals surface area contributed by atoms with Crippen molar-refractivity contribution in [1.29, 1.82) is 0 Å². The van der Waals surface area contributed by atoms with Gasteiger partial charge in [-0.25, -0.2) is 0 Å². The van der Waals surface area contributed by atoms with Gasteiger partial charge >= 0.3 is 144 Å². The van der Waals surface area contributed by atoms with Crippen LogP contribution in [0.25, 0.3) is 0 Å². The standard InChI is InChI=1S/C22H23OP/c1-19-17-18-24(23-19,20-11-5-2-6-12-20,21-13-7-3-8-14-21)22-15-9-4-10-16-22/h2-16,19H,17-18H2,1H3/t19-/m0/s1. The molecule has 0 spiro atoms. The Hall–Kier alpha value is -1.95. The summed E-state index contributed by atoms with van der Waals surface area (Å²) in [6.07, 6.45) is 2.43. The Kier molecular flexibility index (Phi) is 3.79. The van der Waals surface area contributed by atoms with Crippen LogP contribution in [-0.4, -0.2) is 12.3 Å². The van der Waals surface area contributed by atoms with E-state index in [0.717, 1.165) is 12.6 Å². The maximum absolute atomic E-state index is 7.03. The molecule has 24 heavy (non-hydrogen) atoms. The van der Waals surface area contributed by atoms with Gasteiger partial charge < -0.3 is 0 Å². The van der Waals surface area contributed by atoms with Gasteiger partial charge in [0.15, 0.2) is 0 Å².